The first-order chi connectivity index (χ1) is 25.0. The summed E-state index contributed by atoms with van der Waals surface area (Å²) in [6.07, 6.45) is 1.27. The van der Waals surface area contributed by atoms with Gasteiger partial charge in [0.2, 0.25) is 11.8 Å². The highest BCUT2D eigenvalue weighted by atomic mass is 16.6. The van der Waals surface area contributed by atoms with Crippen LogP contribution in [0.3, 0.4) is 0 Å². The van der Waals surface area contributed by atoms with Gasteiger partial charge in [-0.2, -0.15) is 0 Å². The van der Waals surface area contributed by atoms with E-state index in [0.717, 1.165) is 18.5 Å². The predicted octanol–water partition coefficient (Wildman–Crippen LogP) is 4.95. The summed E-state index contributed by atoms with van der Waals surface area (Å²) in [6, 6.07) is 11.5. The van der Waals surface area contributed by atoms with Gasteiger partial charge in [-0.25, -0.2) is 14.6 Å². The minimum absolute atomic E-state index is 0.00157. The van der Waals surface area contributed by atoms with Gasteiger partial charge in [0.1, 0.15) is 40.8 Å². The fourth-order valence-electron chi connectivity index (χ4n) is 7.27. The van der Waals surface area contributed by atoms with Crippen molar-refractivity contribution in [2.24, 2.45) is 11.8 Å². The maximum atomic E-state index is 14.3. The molecular formula is C40H49N5O8. The third-order valence-electron chi connectivity index (χ3n) is 10.3. The Kier molecular flexibility index (Phi) is 10.1. The third kappa shape index (κ3) is 7.60. The highest BCUT2D eigenvalue weighted by Gasteiger charge is 2.61. The molecule has 5 atom stereocenters. The minimum atomic E-state index is -1.50. The lowest BCUT2D eigenvalue weighted by molar-refractivity contribution is -0.146. The van der Waals surface area contributed by atoms with Gasteiger partial charge < -0.3 is 39.8 Å². The maximum absolute atomic E-state index is 14.3. The number of hydrogen-bond acceptors (Lipinski definition) is 9. The number of benzene rings is 2. The van der Waals surface area contributed by atoms with Crippen LogP contribution in [0.15, 0.2) is 55.1 Å². The Morgan fingerprint density at radius 1 is 1.11 bits per heavy atom. The summed E-state index contributed by atoms with van der Waals surface area (Å²) in [5, 5.41) is 16.2. The zero-order valence-electron chi connectivity index (χ0n) is 31.4. The van der Waals surface area contributed by atoms with Crippen LogP contribution in [0, 0.1) is 11.8 Å². The lowest BCUT2D eigenvalue weighted by Crippen LogP contribution is -2.57. The van der Waals surface area contributed by atoms with E-state index in [1.165, 1.54) is 22.2 Å². The molecule has 0 unspecified atom stereocenters. The molecule has 3 N–H and O–H groups in total. The third-order valence-corrected chi connectivity index (χ3v) is 10.3. The van der Waals surface area contributed by atoms with Crippen LogP contribution in [-0.4, -0.2) is 95.4 Å². The van der Waals surface area contributed by atoms with E-state index in [4.69, 9.17) is 19.2 Å². The number of rotatable bonds is 11. The van der Waals surface area contributed by atoms with Crippen LogP contribution < -0.4 is 25.0 Å². The lowest BCUT2D eigenvalue weighted by Gasteiger charge is -2.31. The average molecular weight is 728 g/mol. The van der Waals surface area contributed by atoms with Gasteiger partial charge in [-0.05, 0) is 69.4 Å². The molecule has 3 aliphatic rings. The van der Waals surface area contributed by atoms with Gasteiger partial charge in [-0.1, -0.05) is 26.0 Å². The van der Waals surface area contributed by atoms with Gasteiger partial charge in [0.15, 0.2) is 0 Å². The van der Waals surface area contributed by atoms with Crippen LogP contribution >= 0.6 is 0 Å². The van der Waals surface area contributed by atoms with E-state index in [1.54, 1.807) is 41.7 Å². The van der Waals surface area contributed by atoms with Gasteiger partial charge in [0.05, 0.1) is 24.9 Å². The van der Waals surface area contributed by atoms with Gasteiger partial charge >= 0.3 is 12.1 Å². The lowest BCUT2D eigenvalue weighted by atomic mass is 10.0. The van der Waals surface area contributed by atoms with Crippen LogP contribution in [0.4, 0.5) is 10.5 Å². The van der Waals surface area contributed by atoms with Gasteiger partial charge in [-0.3, -0.25) is 9.59 Å². The number of alkyl carbamates (subject to hydrolysis) is 1. The molecule has 3 amide bonds. The van der Waals surface area contributed by atoms with Crippen molar-refractivity contribution < 1.29 is 38.5 Å². The molecule has 1 saturated heterocycles. The number of likely N-dealkylation sites (tertiary alicyclic amines) is 1. The zero-order chi connectivity index (χ0) is 38.4. The van der Waals surface area contributed by atoms with Crippen LogP contribution in [0.5, 0.6) is 11.5 Å². The van der Waals surface area contributed by atoms with Crippen LogP contribution in [-0.2, 0) is 25.5 Å². The Morgan fingerprint density at radius 3 is 2.51 bits per heavy atom. The monoisotopic (exact) mass is 727 g/mol. The number of anilines is 1. The van der Waals surface area contributed by atoms with Crippen molar-refractivity contribution in [2.75, 3.05) is 32.1 Å². The number of hydrogen-bond donors (Lipinski definition) is 3. The first-order valence-corrected chi connectivity index (χ1v) is 18.0. The predicted molar refractivity (Wildman–Crippen MR) is 200 cm³/mol. The number of carboxylic acids is 1. The van der Waals surface area contributed by atoms with Crippen LogP contribution in [0.1, 0.15) is 53.0 Å². The summed E-state index contributed by atoms with van der Waals surface area (Å²) in [5.41, 5.74) is 2.36. The standard InChI is InChI=1S/C40H49N5O8/c1-9-25-20-40(25,37(48)49)43-35(46)32-18-27(21-45(32)36(47)34(22(2)3)42-38(50)53-39(4,5)6)52-33-19-29(41-30-17-26(51-8)11-12-28(30)33)23-10-13-31-24(16-23)14-15-44(31)7/h9-13,16-17,19,22,25,27,32,34H,1,14-15,18,20-21H2,2-8H3,(H,42,50)(H,43,46)(H,48,49)/t25-,27-,32+,34+,40-/m1/s1. The summed E-state index contributed by atoms with van der Waals surface area (Å²) in [4.78, 5) is 62.1. The van der Waals surface area contributed by atoms with Crippen molar-refractivity contribution >= 4 is 40.5 Å². The number of carbonyl (C=O) groups excluding carboxylic acids is 3. The molecule has 1 aliphatic carbocycles. The number of ether oxygens (including phenoxy) is 3. The molecule has 0 bridgehead atoms. The molecule has 3 heterocycles. The van der Waals surface area contributed by atoms with Crippen molar-refractivity contribution in [3.63, 3.8) is 0 Å². The summed E-state index contributed by atoms with van der Waals surface area (Å²) in [7, 11) is 3.66. The number of nitrogens with one attached hydrogen (secondary N) is 2. The molecule has 13 heteroatoms. The molecule has 1 aromatic heterocycles. The normalized spacial score (nSPS) is 22.6. The Balaban J connectivity index is 1.34. The SMILES string of the molecule is C=C[C@@H]1C[C@]1(NC(=O)[C@@H]1C[C@@H](Oc2cc(-c3ccc4c(c3)CCN4C)nc3cc(OC)ccc23)CN1C(=O)[C@@H](NC(=O)OC(C)(C)C)C(C)C)C(=O)O. The van der Waals surface area contributed by atoms with Crippen molar-refractivity contribution in [1.82, 2.24) is 20.5 Å². The fourth-order valence-corrected chi connectivity index (χ4v) is 7.27. The van der Waals surface area contributed by atoms with E-state index in [-0.39, 0.29) is 25.3 Å². The smallest absolute Gasteiger partial charge is 0.408 e. The number of likely N-dealkylation sites (N-methyl/N-ethyl adjacent to an activating group) is 1. The topological polar surface area (TPSA) is 160 Å². The summed E-state index contributed by atoms with van der Waals surface area (Å²) < 4.78 is 17.7. The quantitative estimate of drug-likeness (QED) is 0.231. The van der Waals surface area contributed by atoms with Gasteiger partial charge in [-0.15, -0.1) is 6.58 Å². The summed E-state index contributed by atoms with van der Waals surface area (Å²) >= 11 is 0. The van der Waals surface area contributed by atoms with E-state index in [2.05, 4.69) is 41.3 Å². The van der Waals surface area contributed by atoms with E-state index in [0.29, 0.717) is 28.1 Å². The minimum Gasteiger partial charge on any atom is -0.497 e. The van der Waals surface area contributed by atoms with E-state index < -0.39 is 59.1 Å². The Hall–Kier alpha value is -5.33. The van der Waals surface area contributed by atoms with E-state index in [9.17, 15) is 24.3 Å². The summed E-state index contributed by atoms with van der Waals surface area (Å²) in [6.45, 7) is 13.4. The Labute approximate surface area is 309 Å². The Bertz CT molecular complexity index is 1960. The molecule has 282 valence electrons. The van der Waals surface area contributed by atoms with Crippen molar-refractivity contribution in [3.05, 3.63) is 60.7 Å². The second kappa shape index (κ2) is 14.2. The average Bonchev–Trinajstić information content (AvgIpc) is 3.46. The number of amides is 3. The number of fused-ring (bicyclic) bond motifs is 2. The number of aliphatic carboxylic acids is 1. The van der Waals surface area contributed by atoms with Crippen LogP contribution in [0.2, 0.25) is 0 Å². The first-order valence-electron chi connectivity index (χ1n) is 18.0. The van der Waals surface area contributed by atoms with Gasteiger partial charge in [0, 0.05) is 54.7 Å². The molecule has 2 aliphatic heterocycles. The molecule has 0 spiro atoms. The largest absolute Gasteiger partial charge is 0.497 e. The molecular weight excluding hydrogens is 678 g/mol. The van der Waals surface area contributed by atoms with Crippen molar-refractivity contribution in [1.29, 1.82) is 0 Å². The summed E-state index contributed by atoms with van der Waals surface area (Å²) in [5.74, 6) is -1.99. The zero-order valence-corrected chi connectivity index (χ0v) is 31.4. The second-order valence-electron chi connectivity index (χ2n) is 15.6. The molecule has 0 radical (unpaired) electrons. The molecule has 3 aromatic rings. The number of carboxylic acid groups (broad SMARTS) is 1. The van der Waals surface area contributed by atoms with Crippen LogP contribution in [0.25, 0.3) is 22.2 Å². The van der Waals surface area contributed by atoms with E-state index >= 15 is 0 Å². The first kappa shape index (κ1) is 37.4. The number of methoxy groups -OCH3 is 1. The van der Waals surface area contributed by atoms with Crippen molar-refractivity contribution in [2.45, 2.75) is 83.2 Å². The molecule has 2 aromatic carbocycles. The van der Waals surface area contributed by atoms with Crippen molar-refractivity contribution in [3.8, 4) is 22.8 Å². The number of pyridine rings is 1. The number of nitrogens with zero attached hydrogens (tertiary/aromatic N) is 3. The second-order valence-corrected chi connectivity index (χ2v) is 15.6. The number of aromatic nitrogens is 1. The van der Waals surface area contributed by atoms with E-state index in [1.807, 2.05) is 30.3 Å². The highest BCUT2D eigenvalue weighted by Crippen LogP contribution is 2.45. The highest BCUT2D eigenvalue weighted by molar-refractivity contribution is 5.96. The Morgan fingerprint density at radius 2 is 1.87 bits per heavy atom. The number of carbonyl (C=O) groups is 4. The molecule has 1 saturated carbocycles. The molecule has 13 nitrogen and oxygen atoms in total. The molecule has 6 rings (SSSR count). The molecule has 53 heavy (non-hydrogen) atoms. The maximum Gasteiger partial charge on any atom is 0.408 e. The molecule has 2 fully saturated rings. The fraction of sp³-hybridized carbons (Fsp3) is 0.475. The van der Waals surface area contributed by atoms with Gasteiger partial charge in [0.25, 0.3) is 0 Å².